The molecule has 0 spiro atoms. The van der Waals surface area contributed by atoms with Crippen molar-refractivity contribution in [3.63, 3.8) is 0 Å². The Kier molecular flexibility index (Phi) is 4.16. The maximum atomic E-state index is 12.1. The molecule has 2 rings (SSSR count). The molecule has 0 amide bonds. The van der Waals surface area contributed by atoms with E-state index in [1.807, 2.05) is 0 Å². The lowest BCUT2D eigenvalue weighted by Gasteiger charge is -2.10. The fourth-order valence-electron chi connectivity index (χ4n) is 2.34. The molecule has 22 heavy (non-hydrogen) atoms. The van der Waals surface area contributed by atoms with Gasteiger partial charge in [-0.05, 0) is 12.1 Å². The molecule has 0 saturated carbocycles. The average molecular weight is 305 g/mol. The fraction of sp³-hybridized carbons (Fsp3) is 0.267. The number of carbonyl (C=O) groups is 3. The molecule has 0 fully saturated rings. The molecule has 7 nitrogen and oxygen atoms in total. The van der Waals surface area contributed by atoms with Gasteiger partial charge in [-0.2, -0.15) is 0 Å². The molecule has 1 aromatic carbocycles. The summed E-state index contributed by atoms with van der Waals surface area (Å²) in [4.78, 5) is 35.8. The van der Waals surface area contributed by atoms with Crippen LogP contribution in [0.15, 0.2) is 18.2 Å². The molecule has 0 aliphatic rings. The number of ether oxygens (including phenoxy) is 3. The van der Waals surface area contributed by atoms with Crippen molar-refractivity contribution in [3.05, 3.63) is 35.0 Å². The third kappa shape index (κ3) is 2.30. The Morgan fingerprint density at radius 2 is 1.50 bits per heavy atom. The molecule has 0 radical (unpaired) electrons. The number of methoxy groups -OCH3 is 3. The molecule has 1 heterocycles. The number of esters is 3. The summed E-state index contributed by atoms with van der Waals surface area (Å²) in [7, 11) is 5.30. The number of hydrogen-bond donors (Lipinski definition) is 0. The van der Waals surface area contributed by atoms with Crippen LogP contribution in [0, 0.1) is 0 Å². The first kappa shape index (κ1) is 15.6. The van der Waals surface area contributed by atoms with Gasteiger partial charge in [0.15, 0.2) is 0 Å². The summed E-state index contributed by atoms with van der Waals surface area (Å²) in [6.07, 6.45) is 0. The van der Waals surface area contributed by atoms with Gasteiger partial charge < -0.3 is 18.8 Å². The summed E-state index contributed by atoms with van der Waals surface area (Å²) in [6.45, 7) is 0. The second kappa shape index (κ2) is 5.88. The van der Waals surface area contributed by atoms with Crippen LogP contribution in [-0.2, 0) is 21.3 Å². The van der Waals surface area contributed by atoms with Crippen LogP contribution < -0.4 is 0 Å². The quantitative estimate of drug-likeness (QED) is 0.632. The number of hydrogen-bond acceptors (Lipinski definition) is 6. The SMILES string of the molecule is COC(=O)c1ccc2cc(C(=O)OC)n(C)c2c1C(=O)OC. The average Bonchev–Trinajstić information content (AvgIpc) is 2.88. The van der Waals surface area contributed by atoms with Crippen LogP contribution in [0.25, 0.3) is 10.9 Å². The highest BCUT2D eigenvalue weighted by Gasteiger charge is 2.25. The van der Waals surface area contributed by atoms with Gasteiger partial charge in [0.25, 0.3) is 0 Å². The minimum Gasteiger partial charge on any atom is -0.465 e. The lowest BCUT2D eigenvalue weighted by molar-refractivity contribution is 0.0556. The topological polar surface area (TPSA) is 83.8 Å². The summed E-state index contributed by atoms with van der Waals surface area (Å²) in [5.74, 6) is -1.90. The minimum absolute atomic E-state index is 0.0458. The third-order valence-electron chi connectivity index (χ3n) is 3.39. The van der Waals surface area contributed by atoms with Crippen LogP contribution >= 0.6 is 0 Å². The Morgan fingerprint density at radius 1 is 0.909 bits per heavy atom. The number of rotatable bonds is 3. The van der Waals surface area contributed by atoms with Crippen molar-refractivity contribution >= 4 is 28.8 Å². The first-order valence-electron chi connectivity index (χ1n) is 6.33. The molecule has 1 aromatic heterocycles. The zero-order valence-corrected chi connectivity index (χ0v) is 12.6. The maximum absolute atomic E-state index is 12.1. The highest BCUT2D eigenvalue weighted by Crippen LogP contribution is 2.27. The van der Waals surface area contributed by atoms with Crippen LogP contribution in [0.2, 0.25) is 0 Å². The van der Waals surface area contributed by atoms with E-state index < -0.39 is 17.9 Å². The summed E-state index contributed by atoms with van der Waals surface area (Å²) in [6, 6.07) is 4.66. The van der Waals surface area contributed by atoms with E-state index >= 15 is 0 Å². The van der Waals surface area contributed by atoms with Crippen molar-refractivity contribution in [2.75, 3.05) is 21.3 Å². The molecule has 0 bridgehead atoms. The van der Waals surface area contributed by atoms with Gasteiger partial charge in [0, 0.05) is 12.4 Å². The van der Waals surface area contributed by atoms with Gasteiger partial charge in [-0.25, -0.2) is 14.4 Å². The van der Waals surface area contributed by atoms with E-state index in [4.69, 9.17) is 9.47 Å². The lowest BCUT2D eigenvalue weighted by atomic mass is 10.0. The van der Waals surface area contributed by atoms with Crippen molar-refractivity contribution in [2.45, 2.75) is 0 Å². The Balaban J connectivity index is 2.86. The van der Waals surface area contributed by atoms with Crippen molar-refractivity contribution < 1.29 is 28.6 Å². The predicted molar refractivity (Wildman–Crippen MR) is 76.9 cm³/mol. The van der Waals surface area contributed by atoms with Gasteiger partial charge >= 0.3 is 17.9 Å². The molecule has 0 N–H and O–H groups in total. The molecule has 2 aromatic rings. The summed E-state index contributed by atoms with van der Waals surface area (Å²) < 4.78 is 15.6. The van der Waals surface area contributed by atoms with Gasteiger partial charge in [-0.3, -0.25) is 0 Å². The van der Waals surface area contributed by atoms with Gasteiger partial charge in [-0.1, -0.05) is 6.07 Å². The number of aromatic nitrogens is 1. The normalized spacial score (nSPS) is 10.4. The predicted octanol–water partition coefficient (Wildman–Crippen LogP) is 1.54. The minimum atomic E-state index is -0.691. The fourth-order valence-corrected chi connectivity index (χ4v) is 2.34. The van der Waals surface area contributed by atoms with Crippen LogP contribution in [0.3, 0.4) is 0 Å². The molecule has 116 valence electrons. The van der Waals surface area contributed by atoms with Crippen molar-refractivity contribution in [1.82, 2.24) is 4.57 Å². The summed E-state index contributed by atoms with van der Waals surface area (Å²) >= 11 is 0. The van der Waals surface area contributed by atoms with E-state index in [9.17, 15) is 14.4 Å². The molecular weight excluding hydrogens is 290 g/mol. The molecular formula is C15H15NO6. The summed E-state index contributed by atoms with van der Waals surface area (Å²) in [5.41, 5.74) is 0.767. The molecule has 7 heteroatoms. The Labute approximate surface area is 126 Å². The third-order valence-corrected chi connectivity index (χ3v) is 3.39. The van der Waals surface area contributed by atoms with E-state index in [1.165, 1.54) is 32.0 Å². The van der Waals surface area contributed by atoms with E-state index in [-0.39, 0.29) is 16.8 Å². The smallest absolute Gasteiger partial charge is 0.354 e. The second-order valence-electron chi connectivity index (χ2n) is 4.49. The first-order chi connectivity index (χ1) is 10.5. The Hall–Kier alpha value is -2.83. The second-order valence-corrected chi connectivity index (χ2v) is 4.49. The number of aryl methyl sites for hydroxylation is 1. The van der Waals surface area contributed by atoms with E-state index in [2.05, 4.69) is 4.74 Å². The van der Waals surface area contributed by atoms with E-state index in [1.54, 1.807) is 19.2 Å². The van der Waals surface area contributed by atoms with Crippen molar-refractivity contribution in [2.24, 2.45) is 7.05 Å². The van der Waals surface area contributed by atoms with E-state index in [0.717, 1.165) is 0 Å². The summed E-state index contributed by atoms with van der Waals surface area (Å²) in [5, 5.41) is 0.607. The molecule has 0 aliphatic heterocycles. The zero-order chi connectivity index (χ0) is 16.4. The van der Waals surface area contributed by atoms with Crippen molar-refractivity contribution in [1.29, 1.82) is 0 Å². The molecule has 0 atom stereocenters. The number of carbonyl (C=O) groups excluding carboxylic acids is 3. The van der Waals surface area contributed by atoms with Gasteiger partial charge in [0.1, 0.15) is 5.69 Å². The number of nitrogens with zero attached hydrogens (tertiary/aromatic N) is 1. The number of fused-ring (bicyclic) bond motifs is 1. The largest absolute Gasteiger partial charge is 0.465 e. The molecule has 0 unspecified atom stereocenters. The van der Waals surface area contributed by atoms with Crippen LogP contribution in [0.5, 0.6) is 0 Å². The lowest BCUT2D eigenvalue weighted by Crippen LogP contribution is -2.14. The highest BCUT2D eigenvalue weighted by atomic mass is 16.5. The first-order valence-corrected chi connectivity index (χ1v) is 6.33. The maximum Gasteiger partial charge on any atom is 0.354 e. The number of benzene rings is 1. The van der Waals surface area contributed by atoms with Gasteiger partial charge in [0.2, 0.25) is 0 Å². The zero-order valence-electron chi connectivity index (χ0n) is 12.6. The van der Waals surface area contributed by atoms with E-state index in [0.29, 0.717) is 10.9 Å². The Morgan fingerprint density at radius 3 is 2.05 bits per heavy atom. The highest BCUT2D eigenvalue weighted by molar-refractivity contribution is 6.13. The van der Waals surface area contributed by atoms with Crippen LogP contribution in [-0.4, -0.2) is 43.8 Å². The van der Waals surface area contributed by atoms with Crippen LogP contribution in [0.4, 0.5) is 0 Å². The van der Waals surface area contributed by atoms with Crippen LogP contribution in [0.1, 0.15) is 31.2 Å². The molecule has 0 aliphatic carbocycles. The van der Waals surface area contributed by atoms with Gasteiger partial charge in [0.05, 0.1) is 38.0 Å². The Bertz CT molecular complexity index is 774. The standard InChI is InChI=1S/C15H15NO6/c1-16-10(14(18)21-3)7-8-5-6-9(13(17)20-2)11(12(8)16)15(19)22-4/h5-7H,1-4H3. The van der Waals surface area contributed by atoms with Gasteiger partial charge in [-0.15, -0.1) is 0 Å². The monoisotopic (exact) mass is 305 g/mol. The van der Waals surface area contributed by atoms with Crippen molar-refractivity contribution in [3.8, 4) is 0 Å². The molecule has 0 saturated heterocycles.